The third kappa shape index (κ3) is 2.94. The molecule has 0 saturated carbocycles. The highest BCUT2D eigenvalue weighted by atomic mass is 35.5. The number of nitrogens with two attached hydrogens (primary N) is 1. The molecule has 0 spiro atoms. The maximum Gasteiger partial charge on any atom is 0.269 e. The number of carbonyl (C=O) groups is 1. The molecule has 0 atom stereocenters. The zero-order valence-corrected chi connectivity index (χ0v) is 12.6. The second-order valence-corrected chi connectivity index (χ2v) is 5.33. The molecule has 0 aliphatic carbocycles. The molecule has 1 aliphatic rings. The Labute approximate surface area is 132 Å². The van der Waals surface area contributed by atoms with Crippen molar-refractivity contribution in [1.82, 2.24) is 15.2 Å². The Balaban J connectivity index is 1.66. The Morgan fingerprint density at radius 2 is 1.82 bits per heavy atom. The lowest BCUT2D eigenvalue weighted by atomic mass is 10.3. The molecule has 1 aliphatic heterocycles. The van der Waals surface area contributed by atoms with Gasteiger partial charge >= 0.3 is 0 Å². The van der Waals surface area contributed by atoms with Crippen molar-refractivity contribution >= 4 is 29.1 Å². The van der Waals surface area contributed by atoms with Crippen LogP contribution in [0.4, 0.5) is 11.6 Å². The lowest BCUT2D eigenvalue weighted by molar-refractivity contribution is 0.0994. The Morgan fingerprint density at radius 3 is 2.41 bits per heavy atom. The van der Waals surface area contributed by atoms with Gasteiger partial charge in [-0.2, -0.15) is 0 Å². The number of pyridine rings is 1. The van der Waals surface area contributed by atoms with Gasteiger partial charge in [0.25, 0.3) is 5.91 Å². The van der Waals surface area contributed by atoms with Crippen LogP contribution in [0, 0.1) is 0 Å². The molecule has 2 N–H and O–H groups in total. The van der Waals surface area contributed by atoms with Crippen LogP contribution in [-0.4, -0.2) is 47.3 Å². The third-order valence-electron chi connectivity index (χ3n) is 3.55. The van der Waals surface area contributed by atoms with Crippen LogP contribution in [0.1, 0.15) is 10.5 Å². The molecule has 22 heavy (non-hydrogen) atoms. The predicted molar refractivity (Wildman–Crippen MR) is 84.2 cm³/mol. The van der Waals surface area contributed by atoms with E-state index < -0.39 is 5.91 Å². The van der Waals surface area contributed by atoms with Gasteiger partial charge in [-0.15, -0.1) is 10.2 Å². The van der Waals surface area contributed by atoms with Crippen molar-refractivity contribution in [3.63, 3.8) is 0 Å². The number of halogens is 1. The molecule has 7 nitrogen and oxygen atoms in total. The van der Waals surface area contributed by atoms with Gasteiger partial charge in [0.1, 0.15) is 5.82 Å². The molecular formula is C14H15ClN6O. The number of hydrogen-bond donors (Lipinski definition) is 1. The first-order valence-electron chi connectivity index (χ1n) is 6.89. The van der Waals surface area contributed by atoms with Crippen LogP contribution in [0.15, 0.2) is 30.5 Å². The summed E-state index contributed by atoms with van der Waals surface area (Å²) in [6.45, 7) is 3.13. The SMILES string of the molecule is NC(=O)c1ccc(N2CCN(c3ncccc3Cl)CC2)nn1. The standard InChI is InChI=1S/C14H15ClN6O/c15-10-2-1-5-17-14(10)21-8-6-20(7-9-21)12-4-3-11(13(16)22)18-19-12/h1-5H,6-9H2,(H2,16,22). The fourth-order valence-electron chi connectivity index (χ4n) is 2.38. The van der Waals surface area contributed by atoms with Crippen LogP contribution in [0.2, 0.25) is 5.02 Å². The number of nitrogens with zero attached hydrogens (tertiary/aromatic N) is 5. The summed E-state index contributed by atoms with van der Waals surface area (Å²) in [4.78, 5) is 19.6. The molecule has 3 rings (SSSR count). The van der Waals surface area contributed by atoms with Crippen molar-refractivity contribution in [2.24, 2.45) is 5.73 Å². The number of rotatable bonds is 3. The van der Waals surface area contributed by atoms with Crippen LogP contribution in [0.5, 0.6) is 0 Å². The summed E-state index contributed by atoms with van der Waals surface area (Å²) in [5.74, 6) is 0.962. The number of primary amides is 1. The first-order valence-corrected chi connectivity index (χ1v) is 7.27. The van der Waals surface area contributed by atoms with E-state index in [0.29, 0.717) is 5.02 Å². The molecule has 2 aromatic heterocycles. The number of amides is 1. The monoisotopic (exact) mass is 318 g/mol. The van der Waals surface area contributed by atoms with Crippen molar-refractivity contribution in [2.75, 3.05) is 36.0 Å². The first-order chi connectivity index (χ1) is 10.6. The zero-order valence-electron chi connectivity index (χ0n) is 11.8. The molecule has 2 aromatic rings. The lowest BCUT2D eigenvalue weighted by Gasteiger charge is -2.36. The highest BCUT2D eigenvalue weighted by Crippen LogP contribution is 2.24. The van der Waals surface area contributed by atoms with E-state index in [-0.39, 0.29) is 5.69 Å². The Kier molecular flexibility index (Phi) is 4.06. The van der Waals surface area contributed by atoms with Crippen molar-refractivity contribution < 1.29 is 4.79 Å². The maximum absolute atomic E-state index is 11.0. The van der Waals surface area contributed by atoms with E-state index in [9.17, 15) is 4.79 Å². The topological polar surface area (TPSA) is 88.2 Å². The largest absolute Gasteiger partial charge is 0.364 e. The molecule has 114 valence electrons. The Hall–Kier alpha value is -2.41. The summed E-state index contributed by atoms with van der Waals surface area (Å²) in [5.41, 5.74) is 5.33. The van der Waals surface area contributed by atoms with E-state index in [1.807, 2.05) is 12.1 Å². The quantitative estimate of drug-likeness (QED) is 0.906. The predicted octanol–water partition coefficient (Wildman–Crippen LogP) is 0.950. The van der Waals surface area contributed by atoms with Gasteiger partial charge in [-0.25, -0.2) is 4.98 Å². The number of carbonyl (C=O) groups excluding carboxylic acids is 1. The molecule has 1 fully saturated rings. The van der Waals surface area contributed by atoms with Crippen molar-refractivity contribution in [3.8, 4) is 0 Å². The Morgan fingerprint density at radius 1 is 1.09 bits per heavy atom. The molecular weight excluding hydrogens is 304 g/mol. The molecule has 0 radical (unpaired) electrons. The van der Waals surface area contributed by atoms with Gasteiger partial charge in [0, 0.05) is 32.4 Å². The molecule has 0 unspecified atom stereocenters. The van der Waals surface area contributed by atoms with E-state index in [1.165, 1.54) is 0 Å². The zero-order chi connectivity index (χ0) is 15.5. The minimum atomic E-state index is -0.575. The summed E-state index contributed by atoms with van der Waals surface area (Å²) >= 11 is 6.17. The second-order valence-electron chi connectivity index (χ2n) is 4.92. The van der Waals surface area contributed by atoms with E-state index >= 15 is 0 Å². The van der Waals surface area contributed by atoms with Crippen LogP contribution in [0.3, 0.4) is 0 Å². The van der Waals surface area contributed by atoms with E-state index in [0.717, 1.165) is 37.8 Å². The van der Waals surface area contributed by atoms with Crippen molar-refractivity contribution in [1.29, 1.82) is 0 Å². The number of hydrogen-bond acceptors (Lipinski definition) is 6. The molecule has 1 saturated heterocycles. The molecule has 3 heterocycles. The van der Waals surface area contributed by atoms with Crippen LogP contribution in [0.25, 0.3) is 0 Å². The van der Waals surface area contributed by atoms with E-state index in [2.05, 4.69) is 25.0 Å². The summed E-state index contributed by atoms with van der Waals surface area (Å²) in [5, 5.41) is 8.54. The second kappa shape index (κ2) is 6.15. The molecule has 0 aromatic carbocycles. The van der Waals surface area contributed by atoms with Crippen LogP contribution < -0.4 is 15.5 Å². The number of piperazine rings is 1. The number of aromatic nitrogens is 3. The van der Waals surface area contributed by atoms with Crippen molar-refractivity contribution in [2.45, 2.75) is 0 Å². The van der Waals surface area contributed by atoms with Gasteiger partial charge in [-0.1, -0.05) is 11.6 Å². The van der Waals surface area contributed by atoms with Gasteiger partial charge in [0.15, 0.2) is 11.5 Å². The van der Waals surface area contributed by atoms with E-state index in [4.69, 9.17) is 17.3 Å². The highest BCUT2D eigenvalue weighted by molar-refractivity contribution is 6.32. The summed E-state index contributed by atoms with van der Waals surface area (Å²) in [7, 11) is 0. The number of anilines is 2. The van der Waals surface area contributed by atoms with Gasteiger partial charge in [-0.3, -0.25) is 4.79 Å². The van der Waals surface area contributed by atoms with Crippen molar-refractivity contribution in [3.05, 3.63) is 41.2 Å². The maximum atomic E-state index is 11.0. The van der Waals surface area contributed by atoms with Crippen LogP contribution in [-0.2, 0) is 0 Å². The van der Waals surface area contributed by atoms with Gasteiger partial charge in [0.2, 0.25) is 0 Å². The third-order valence-corrected chi connectivity index (χ3v) is 3.84. The average molecular weight is 319 g/mol. The normalized spacial score (nSPS) is 15.0. The fraction of sp³-hybridized carbons (Fsp3) is 0.286. The van der Waals surface area contributed by atoms with Crippen LogP contribution >= 0.6 is 11.6 Å². The lowest BCUT2D eigenvalue weighted by Crippen LogP contribution is -2.47. The molecule has 0 bridgehead atoms. The van der Waals surface area contributed by atoms with Gasteiger partial charge in [0.05, 0.1) is 5.02 Å². The fourth-order valence-corrected chi connectivity index (χ4v) is 2.62. The minimum absolute atomic E-state index is 0.169. The summed E-state index contributed by atoms with van der Waals surface area (Å²) in [6.07, 6.45) is 1.74. The van der Waals surface area contributed by atoms with Gasteiger partial charge in [-0.05, 0) is 24.3 Å². The molecule has 1 amide bonds. The van der Waals surface area contributed by atoms with E-state index in [1.54, 1.807) is 18.3 Å². The summed E-state index contributed by atoms with van der Waals surface area (Å²) < 4.78 is 0. The average Bonchev–Trinajstić information content (AvgIpc) is 2.56. The van der Waals surface area contributed by atoms with Gasteiger partial charge < -0.3 is 15.5 Å². The smallest absolute Gasteiger partial charge is 0.269 e. The highest BCUT2D eigenvalue weighted by Gasteiger charge is 2.21. The summed E-state index contributed by atoms with van der Waals surface area (Å²) in [6, 6.07) is 7.01. The minimum Gasteiger partial charge on any atom is -0.364 e. The Bertz CT molecular complexity index is 669. The first kappa shape index (κ1) is 14.5. The molecule has 8 heteroatoms.